The molecule has 3 rings (SSSR count). The predicted molar refractivity (Wildman–Crippen MR) is 78.8 cm³/mol. The first kappa shape index (κ1) is 15.1. The molecule has 0 N–H and O–H groups in total. The number of halogens is 3. The lowest BCUT2D eigenvalue weighted by atomic mass is 10.4. The first-order chi connectivity index (χ1) is 9.90. The summed E-state index contributed by atoms with van der Waals surface area (Å²) in [5.74, 6) is 2.71. The molecule has 2 fully saturated rings. The highest BCUT2D eigenvalue weighted by Crippen LogP contribution is 2.36. The van der Waals surface area contributed by atoms with Crippen LogP contribution in [0.1, 0.15) is 25.0 Å². The highest BCUT2D eigenvalue weighted by Gasteiger charge is 2.33. The quantitative estimate of drug-likeness (QED) is 0.829. The van der Waals surface area contributed by atoms with E-state index in [2.05, 4.69) is 10.00 Å². The van der Waals surface area contributed by atoms with Crippen LogP contribution in [0.5, 0.6) is 0 Å². The summed E-state index contributed by atoms with van der Waals surface area (Å²) in [5.41, 5.74) is 0.642. The van der Waals surface area contributed by atoms with Crippen molar-refractivity contribution in [1.82, 2.24) is 9.78 Å². The van der Waals surface area contributed by atoms with Gasteiger partial charge in [0.25, 0.3) is 0 Å². The number of anilines is 1. The van der Waals surface area contributed by atoms with Crippen LogP contribution >= 0.6 is 11.8 Å². The molecule has 1 saturated carbocycles. The highest BCUT2D eigenvalue weighted by molar-refractivity contribution is 7.99. The molecule has 1 aliphatic heterocycles. The molecule has 1 unspecified atom stereocenters. The van der Waals surface area contributed by atoms with Gasteiger partial charge in [0.1, 0.15) is 12.4 Å². The van der Waals surface area contributed by atoms with Gasteiger partial charge in [-0.3, -0.25) is 0 Å². The third-order valence-electron chi connectivity index (χ3n) is 3.94. The number of thioether (sulfide) groups is 1. The minimum absolute atomic E-state index is 0.542. The number of aryl methyl sites for hydroxylation is 1. The number of rotatable bonds is 5. The van der Waals surface area contributed by atoms with Gasteiger partial charge in [-0.2, -0.15) is 30.0 Å². The number of nitrogens with zero attached hydrogens (tertiary/aromatic N) is 3. The Morgan fingerprint density at radius 3 is 2.76 bits per heavy atom. The highest BCUT2D eigenvalue weighted by atomic mass is 32.2. The van der Waals surface area contributed by atoms with E-state index in [0.717, 1.165) is 30.1 Å². The molecule has 0 aromatic carbocycles. The predicted octanol–water partition coefficient (Wildman–Crippen LogP) is 3.48. The van der Waals surface area contributed by atoms with Gasteiger partial charge in [0, 0.05) is 24.4 Å². The molecular weight excluding hydrogens is 299 g/mol. The molecule has 2 aliphatic rings. The molecule has 7 heteroatoms. The fraction of sp³-hybridized carbons (Fsp3) is 0.786. The molecule has 1 aromatic rings. The fourth-order valence-electron chi connectivity index (χ4n) is 2.70. The van der Waals surface area contributed by atoms with Crippen LogP contribution in [-0.4, -0.2) is 40.0 Å². The summed E-state index contributed by atoms with van der Waals surface area (Å²) in [5, 5.41) is 4.54. The van der Waals surface area contributed by atoms with E-state index < -0.39 is 12.7 Å². The lowest BCUT2D eigenvalue weighted by molar-refractivity contribution is -0.142. The summed E-state index contributed by atoms with van der Waals surface area (Å²) in [6, 6.07) is 1.76. The standard InChI is InChI=1S/C14H20F3N3S/c1-10-6-13(20(18-10)9-14(15,16)17)19-5-4-12(7-19)21-8-11-2-3-11/h6,11-12H,2-5,7-9H2,1H3. The maximum Gasteiger partial charge on any atom is 0.408 e. The van der Waals surface area contributed by atoms with Gasteiger partial charge < -0.3 is 4.90 Å². The van der Waals surface area contributed by atoms with Crippen LogP contribution in [-0.2, 0) is 6.54 Å². The first-order valence-electron chi connectivity index (χ1n) is 7.38. The molecule has 2 heterocycles. The number of hydrogen-bond acceptors (Lipinski definition) is 3. The summed E-state index contributed by atoms with van der Waals surface area (Å²) in [6.07, 6.45) is -0.483. The Kier molecular flexibility index (Phi) is 4.12. The molecule has 21 heavy (non-hydrogen) atoms. The van der Waals surface area contributed by atoms with Gasteiger partial charge in [-0.25, -0.2) is 4.68 Å². The minimum atomic E-state index is -4.23. The Labute approximate surface area is 126 Å². The van der Waals surface area contributed by atoms with Crippen LogP contribution in [0.15, 0.2) is 6.07 Å². The molecular formula is C14H20F3N3S. The Hall–Kier alpha value is -0.850. The number of hydrogen-bond donors (Lipinski definition) is 0. The number of alkyl halides is 3. The summed E-state index contributed by atoms with van der Waals surface area (Å²) >= 11 is 1.99. The largest absolute Gasteiger partial charge is 0.408 e. The average Bonchev–Trinajstić information content (AvgIpc) is 2.97. The lowest BCUT2D eigenvalue weighted by Gasteiger charge is -2.20. The summed E-state index contributed by atoms with van der Waals surface area (Å²) < 4.78 is 39.0. The van der Waals surface area contributed by atoms with Crippen LogP contribution < -0.4 is 4.90 Å². The maximum atomic E-state index is 12.6. The zero-order valence-corrected chi connectivity index (χ0v) is 12.9. The Morgan fingerprint density at radius 1 is 1.33 bits per heavy atom. The van der Waals surface area contributed by atoms with Crippen molar-refractivity contribution in [2.75, 3.05) is 23.7 Å². The maximum absolute atomic E-state index is 12.6. The Bertz CT molecular complexity index is 496. The van der Waals surface area contributed by atoms with E-state index in [-0.39, 0.29) is 0 Å². The third kappa shape index (κ3) is 4.08. The van der Waals surface area contributed by atoms with Gasteiger partial charge in [-0.05, 0) is 37.9 Å². The Morgan fingerprint density at radius 2 is 2.10 bits per heavy atom. The second-order valence-corrected chi connectivity index (χ2v) is 7.38. The topological polar surface area (TPSA) is 21.1 Å². The molecule has 1 atom stereocenters. The van der Waals surface area contributed by atoms with Gasteiger partial charge in [-0.15, -0.1) is 0 Å². The van der Waals surface area contributed by atoms with E-state index in [9.17, 15) is 13.2 Å². The first-order valence-corrected chi connectivity index (χ1v) is 8.43. The number of aromatic nitrogens is 2. The van der Waals surface area contributed by atoms with Gasteiger partial charge in [-0.1, -0.05) is 0 Å². The van der Waals surface area contributed by atoms with Crippen LogP contribution in [0.4, 0.5) is 19.0 Å². The van der Waals surface area contributed by atoms with Crippen LogP contribution in [0.2, 0.25) is 0 Å². The van der Waals surface area contributed by atoms with Gasteiger partial charge >= 0.3 is 6.18 Å². The van der Waals surface area contributed by atoms with E-state index in [1.165, 1.54) is 18.6 Å². The summed E-state index contributed by atoms with van der Waals surface area (Å²) in [7, 11) is 0. The van der Waals surface area contributed by atoms with Crippen LogP contribution in [0, 0.1) is 12.8 Å². The molecule has 0 spiro atoms. The van der Waals surface area contributed by atoms with E-state index in [1.807, 2.05) is 11.8 Å². The van der Waals surface area contributed by atoms with E-state index in [1.54, 1.807) is 13.0 Å². The van der Waals surface area contributed by atoms with Crippen molar-refractivity contribution in [3.63, 3.8) is 0 Å². The molecule has 118 valence electrons. The van der Waals surface area contributed by atoms with E-state index >= 15 is 0 Å². The van der Waals surface area contributed by atoms with Crippen LogP contribution in [0.3, 0.4) is 0 Å². The van der Waals surface area contributed by atoms with Gasteiger partial charge in [0.15, 0.2) is 0 Å². The second kappa shape index (κ2) is 5.74. The van der Waals surface area contributed by atoms with Crippen molar-refractivity contribution in [3.8, 4) is 0 Å². The lowest BCUT2D eigenvalue weighted by Crippen LogP contribution is -2.27. The molecule has 0 bridgehead atoms. The van der Waals surface area contributed by atoms with E-state index in [0.29, 0.717) is 16.8 Å². The normalized spacial score (nSPS) is 23.0. The fourth-order valence-corrected chi connectivity index (χ4v) is 4.14. The van der Waals surface area contributed by atoms with Crippen LogP contribution in [0.25, 0.3) is 0 Å². The minimum Gasteiger partial charge on any atom is -0.356 e. The van der Waals surface area contributed by atoms with Gasteiger partial charge in [0.05, 0.1) is 5.69 Å². The Balaban J connectivity index is 1.63. The van der Waals surface area contributed by atoms with Crippen molar-refractivity contribution in [3.05, 3.63) is 11.8 Å². The monoisotopic (exact) mass is 319 g/mol. The molecule has 0 radical (unpaired) electrons. The molecule has 3 nitrogen and oxygen atoms in total. The SMILES string of the molecule is Cc1cc(N2CCC(SCC3CC3)C2)n(CC(F)(F)F)n1. The zero-order chi connectivity index (χ0) is 15.0. The molecule has 1 saturated heterocycles. The summed E-state index contributed by atoms with van der Waals surface area (Å²) in [6.45, 7) is 2.39. The van der Waals surface area contributed by atoms with Crippen molar-refractivity contribution in [1.29, 1.82) is 0 Å². The molecule has 1 aromatic heterocycles. The zero-order valence-electron chi connectivity index (χ0n) is 12.1. The third-order valence-corrected chi connectivity index (χ3v) is 5.46. The molecule has 0 amide bonds. The van der Waals surface area contributed by atoms with E-state index in [4.69, 9.17) is 0 Å². The van der Waals surface area contributed by atoms with Crippen molar-refractivity contribution < 1.29 is 13.2 Å². The molecule has 1 aliphatic carbocycles. The smallest absolute Gasteiger partial charge is 0.356 e. The second-order valence-electron chi connectivity index (χ2n) is 6.05. The van der Waals surface area contributed by atoms with Crippen molar-refractivity contribution in [2.45, 2.75) is 44.2 Å². The average molecular weight is 319 g/mol. The summed E-state index contributed by atoms with van der Waals surface area (Å²) in [4.78, 5) is 2.05. The van der Waals surface area contributed by atoms with Gasteiger partial charge in [0.2, 0.25) is 0 Å². The van der Waals surface area contributed by atoms with Crippen molar-refractivity contribution >= 4 is 17.6 Å². The van der Waals surface area contributed by atoms with Crippen molar-refractivity contribution in [2.24, 2.45) is 5.92 Å².